The van der Waals surface area contributed by atoms with E-state index in [1.807, 2.05) is 43.0 Å². The summed E-state index contributed by atoms with van der Waals surface area (Å²) in [5.74, 6) is -0.144. The van der Waals surface area contributed by atoms with Gasteiger partial charge in [-0.1, -0.05) is 24.3 Å². The molecule has 1 amide bonds. The van der Waals surface area contributed by atoms with Crippen LogP contribution in [0.3, 0.4) is 0 Å². The highest BCUT2D eigenvalue weighted by molar-refractivity contribution is 6.06. The highest BCUT2D eigenvalue weighted by atomic mass is 16.1. The summed E-state index contributed by atoms with van der Waals surface area (Å²) in [5.41, 5.74) is 3.60. The molecule has 0 N–H and O–H groups in total. The van der Waals surface area contributed by atoms with Crippen molar-refractivity contribution < 1.29 is 4.79 Å². The third-order valence-corrected chi connectivity index (χ3v) is 3.81. The molecule has 1 aromatic heterocycles. The smallest absolute Gasteiger partial charge is 0.268 e. The molecular weight excluding hydrogens is 274 g/mol. The minimum atomic E-state index is -0.144. The highest BCUT2D eigenvalue weighted by Gasteiger charge is 2.03. The SMILES string of the molecule is Cc1cccc2c1=CC(=O)N=2.Cc1cccc2c1cnn2C. The van der Waals surface area contributed by atoms with Crippen LogP contribution in [-0.4, -0.2) is 15.7 Å². The molecule has 0 fully saturated rings. The second-order valence-corrected chi connectivity index (χ2v) is 5.38. The van der Waals surface area contributed by atoms with Crippen molar-refractivity contribution in [1.82, 2.24) is 9.78 Å². The lowest BCUT2D eigenvalue weighted by Crippen LogP contribution is -2.23. The fraction of sp³-hybridized carbons (Fsp3) is 0.167. The van der Waals surface area contributed by atoms with Gasteiger partial charge in [-0.2, -0.15) is 5.10 Å². The second kappa shape index (κ2) is 5.56. The number of amides is 1. The summed E-state index contributed by atoms with van der Waals surface area (Å²) in [6, 6.07) is 12.0. The van der Waals surface area contributed by atoms with E-state index in [0.717, 1.165) is 16.1 Å². The largest absolute Gasteiger partial charge is 0.270 e. The molecule has 110 valence electrons. The minimum Gasteiger partial charge on any atom is -0.268 e. The van der Waals surface area contributed by atoms with Gasteiger partial charge in [0, 0.05) is 23.7 Å². The first kappa shape index (κ1) is 14.2. The third-order valence-electron chi connectivity index (χ3n) is 3.81. The number of rotatable bonds is 0. The van der Waals surface area contributed by atoms with Crippen molar-refractivity contribution in [2.75, 3.05) is 0 Å². The second-order valence-electron chi connectivity index (χ2n) is 5.38. The standard InChI is InChI=1S/C9H10N2.C9H7NO/c1-7-4-3-5-9-8(7)6-10-11(9)2;1-6-3-2-4-8-7(6)5-9(11)10-8/h3-6H,1-2H3;2-5H,1H3. The van der Waals surface area contributed by atoms with Gasteiger partial charge in [0.05, 0.1) is 17.1 Å². The number of benzene rings is 2. The molecule has 0 atom stereocenters. The lowest BCUT2D eigenvalue weighted by Gasteiger charge is -1.94. The molecule has 2 aromatic carbocycles. The number of nitrogens with zero attached hydrogens (tertiary/aromatic N) is 3. The Bertz CT molecular complexity index is 983. The van der Waals surface area contributed by atoms with Gasteiger partial charge in [0.1, 0.15) is 0 Å². The molecule has 0 radical (unpaired) electrons. The summed E-state index contributed by atoms with van der Waals surface area (Å²) in [4.78, 5) is 14.6. The maximum absolute atomic E-state index is 10.8. The van der Waals surface area contributed by atoms with Crippen LogP contribution < -0.4 is 10.6 Å². The summed E-state index contributed by atoms with van der Waals surface area (Å²) in [7, 11) is 1.96. The molecule has 4 rings (SSSR count). The van der Waals surface area contributed by atoms with E-state index < -0.39 is 0 Å². The first-order valence-corrected chi connectivity index (χ1v) is 7.13. The van der Waals surface area contributed by atoms with E-state index in [-0.39, 0.29) is 5.91 Å². The van der Waals surface area contributed by atoms with Gasteiger partial charge in [0.15, 0.2) is 0 Å². The third kappa shape index (κ3) is 2.55. The van der Waals surface area contributed by atoms with Crippen LogP contribution in [0.25, 0.3) is 17.0 Å². The molecule has 0 saturated heterocycles. The molecule has 3 aromatic rings. The zero-order valence-corrected chi connectivity index (χ0v) is 12.9. The summed E-state index contributed by atoms with van der Waals surface area (Å²) >= 11 is 0. The maximum atomic E-state index is 10.8. The van der Waals surface area contributed by atoms with Gasteiger partial charge in [0.2, 0.25) is 0 Å². The summed E-state index contributed by atoms with van der Waals surface area (Å²) in [6.07, 6.45) is 3.48. The highest BCUT2D eigenvalue weighted by Crippen LogP contribution is 2.15. The van der Waals surface area contributed by atoms with Crippen molar-refractivity contribution in [2.45, 2.75) is 13.8 Å². The van der Waals surface area contributed by atoms with Crippen molar-refractivity contribution in [3.63, 3.8) is 0 Å². The molecule has 2 heterocycles. The first-order chi connectivity index (χ1) is 10.6. The monoisotopic (exact) mass is 291 g/mol. The van der Waals surface area contributed by atoms with E-state index >= 15 is 0 Å². The molecule has 4 heteroatoms. The zero-order valence-electron chi connectivity index (χ0n) is 12.9. The Hall–Kier alpha value is -2.75. The van der Waals surface area contributed by atoms with Crippen LogP contribution >= 0.6 is 0 Å². The summed E-state index contributed by atoms with van der Waals surface area (Å²) < 4.78 is 1.89. The quantitative estimate of drug-likeness (QED) is 0.634. The van der Waals surface area contributed by atoms with Crippen LogP contribution in [-0.2, 0) is 11.8 Å². The predicted molar refractivity (Wildman–Crippen MR) is 86.9 cm³/mol. The van der Waals surface area contributed by atoms with E-state index in [2.05, 4.69) is 35.2 Å². The fourth-order valence-corrected chi connectivity index (χ4v) is 2.55. The lowest BCUT2D eigenvalue weighted by molar-refractivity contribution is -0.112. The van der Waals surface area contributed by atoms with Crippen molar-refractivity contribution in [2.24, 2.45) is 12.0 Å². The number of carbonyl (C=O) groups is 1. The van der Waals surface area contributed by atoms with Crippen molar-refractivity contribution >= 4 is 22.9 Å². The Morgan fingerprint density at radius 3 is 2.45 bits per heavy atom. The van der Waals surface area contributed by atoms with Gasteiger partial charge in [-0.25, -0.2) is 4.99 Å². The van der Waals surface area contributed by atoms with Gasteiger partial charge in [-0.3, -0.25) is 9.48 Å². The number of fused-ring (bicyclic) bond motifs is 2. The Kier molecular flexibility index (Phi) is 3.59. The Labute approximate surface area is 128 Å². The zero-order chi connectivity index (χ0) is 15.7. The molecule has 4 nitrogen and oxygen atoms in total. The molecule has 1 aliphatic rings. The minimum absolute atomic E-state index is 0.144. The van der Waals surface area contributed by atoms with Crippen LogP contribution in [0.1, 0.15) is 11.1 Å². The van der Waals surface area contributed by atoms with E-state index in [4.69, 9.17) is 0 Å². The summed E-state index contributed by atoms with van der Waals surface area (Å²) in [6.45, 7) is 4.08. The van der Waals surface area contributed by atoms with Gasteiger partial charge < -0.3 is 0 Å². The predicted octanol–water partition coefficient (Wildman–Crippen LogP) is 1.82. The summed E-state index contributed by atoms with van der Waals surface area (Å²) in [5, 5.41) is 7.19. The van der Waals surface area contributed by atoms with E-state index in [1.54, 1.807) is 6.08 Å². The van der Waals surface area contributed by atoms with E-state index in [0.29, 0.717) is 0 Å². The number of aryl methyl sites for hydroxylation is 3. The average Bonchev–Trinajstić information content (AvgIpc) is 3.05. The number of aromatic nitrogens is 2. The Morgan fingerprint density at radius 1 is 1.00 bits per heavy atom. The molecule has 0 unspecified atom stereocenters. The number of hydrogen-bond acceptors (Lipinski definition) is 2. The first-order valence-electron chi connectivity index (χ1n) is 7.13. The van der Waals surface area contributed by atoms with Gasteiger partial charge in [-0.05, 0) is 37.1 Å². The van der Waals surface area contributed by atoms with Gasteiger partial charge >= 0.3 is 0 Å². The average molecular weight is 291 g/mol. The Balaban J connectivity index is 0.000000131. The molecule has 0 bridgehead atoms. The van der Waals surface area contributed by atoms with Crippen molar-refractivity contribution in [3.05, 3.63) is 64.3 Å². The van der Waals surface area contributed by atoms with Crippen LogP contribution in [0, 0.1) is 13.8 Å². The van der Waals surface area contributed by atoms with Gasteiger partial charge in [0.25, 0.3) is 5.91 Å². The van der Waals surface area contributed by atoms with E-state index in [9.17, 15) is 4.79 Å². The molecule has 0 saturated carbocycles. The normalized spacial score (nSPS) is 12.2. The topological polar surface area (TPSA) is 47.2 Å². The maximum Gasteiger partial charge on any atom is 0.270 e. The van der Waals surface area contributed by atoms with Gasteiger partial charge in [-0.15, -0.1) is 0 Å². The fourth-order valence-electron chi connectivity index (χ4n) is 2.55. The molecule has 1 aliphatic heterocycles. The van der Waals surface area contributed by atoms with E-state index in [1.165, 1.54) is 16.5 Å². The lowest BCUT2D eigenvalue weighted by atomic mass is 10.1. The number of carbonyl (C=O) groups excluding carboxylic acids is 1. The van der Waals surface area contributed by atoms with Crippen LogP contribution in [0.5, 0.6) is 0 Å². The Morgan fingerprint density at radius 2 is 1.73 bits per heavy atom. The van der Waals surface area contributed by atoms with Crippen LogP contribution in [0.2, 0.25) is 0 Å². The van der Waals surface area contributed by atoms with Crippen molar-refractivity contribution in [1.29, 1.82) is 0 Å². The molecule has 0 aliphatic carbocycles. The van der Waals surface area contributed by atoms with Crippen LogP contribution in [0.15, 0.2) is 47.6 Å². The molecular formula is C18H17N3O. The molecule has 22 heavy (non-hydrogen) atoms. The van der Waals surface area contributed by atoms with Crippen molar-refractivity contribution in [3.8, 4) is 0 Å². The number of hydrogen-bond donors (Lipinski definition) is 0. The molecule has 0 spiro atoms. The van der Waals surface area contributed by atoms with Crippen LogP contribution in [0.4, 0.5) is 0 Å².